The molecule has 0 saturated heterocycles. The van der Waals surface area contributed by atoms with Gasteiger partial charge in [-0.25, -0.2) is 9.07 Å². The summed E-state index contributed by atoms with van der Waals surface area (Å²) in [6.45, 7) is -2.47. The van der Waals surface area contributed by atoms with Crippen LogP contribution in [-0.4, -0.2) is 28.8 Å². The van der Waals surface area contributed by atoms with E-state index in [4.69, 9.17) is 0 Å². The third-order valence-electron chi connectivity index (χ3n) is 5.06. The van der Waals surface area contributed by atoms with Gasteiger partial charge in [0.2, 0.25) is 0 Å². The van der Waals surface area contributed by atoms with Crippen molar-refractivity contribution in [2.24, 2.45) is 0 Å². The quantitative estimate of drug-likeness (QED) is 0.633. The number of aromatic nitrogens is 2. The Labute approximate surface area is 171 Å². The second kappa shape index (κ2) is 8.61. The maximum atomic E-state index is 13.2. The summed E-state index contributed by atoms with van der Waals surface area (Å²) in [5.41, 5.74) is 3.93. The van der Waals surface area contributed by atoms with Gasteiger partial charge in [-0.05, 0) is 67.6 Å². The van der Waals surface area contributed by atoms with Crippen molar-refractivity contribution in [1.29, 1.82) is 0 Å². The van der Waals surface area contributed by atoms with E-state index in [1.807, 2.05) is 0 Å². The molecule has 1 amide bonds. The van der Waals surface area contributed by atoms with E-state index < -0.39 is 6.61 Å². The van der Waals surface area contributed by atoms with E-state index in [9.17, 15) is 18.0 Å². The van der Waals surface area contributed by atoms with Crippen molar-refractivity contribution in [2.45, 2.75) is 32.3 Å². The zero-order chi connectivity index (χ0) is 21.1. The summed E-state index contributed by atoms with van der Waals surface area (Å²) in [4.78, 5) is 12.7. The Bertz CT molecular complexity index is 1030. The van der Waals surface area contributed by atoms with Crippen LogP contribution in [0.25, 0.3) is 5.69 Å². The molecule has 3 aromatic rings. The van der Waals surface area contributed by atoms with Gasteiger partial charge < -0.3 is 10.1 Å². The van der Waals surface area contributed by atoms with Crippen LogP contribution in [0.1, 0.15) is 33.7 Å². The van der Waals surface area contributed by atoms with E-state index in [2.05, 4.69) is 15.2 Å². The first-order valence-corrected chi connectivity index (χ1v) is 9.70. The summed E-state index contributed by atoms with van der Waals surface area (Å²) >= 11 is 0. The van der Waals surface area contributed by atoms with Crippen LogP contribution in [-0.2, 0) is 19.3 Å². The van der Waals surface area contributed by atoms with Crippen LogP contribution in [0, 0.1) is 5.82 Å². The lowest BCUT2D eigenvalue weighted by molar-refractivity contribution is -0.0498. The molecule has 30 heavy (non-hydrogen) atoms. The highest BCUT2D eigenvalue weighted by molar-refractivity contribution is 5.94. The van der Waals surface area contributed by atoms with Gasteiger partial charge in [0, 0.05) is 17.8 Å². The lowest BCUT2D eigenvalue weighted by Gasteiger charge is -2.07. The number of hydrogen-bond acceptors (Lipinski definition) is 3. The molecule has 5 nitrogen and oxygen atoms in total. The number of fused-ring (bicyclic) bond motifs is 1. The molecular formula is C22H20F3N3O2. The van der Waals surface area contributed by atoms with Gasteiger partial charge in [-0.15, -0.1) is 0 Å². The summed E-state index contributed by atoms with van der Waals surface area (Å²) in [5.74, 6) is -0.485. The van der Waals surface area contributed by atoms with Gasteiger partial charge in [-0.1, -0.05) is 12.1 Å². The first-order chi connectivity index (χ1) is 14.5. The van der Waals surface area contributed by atoms with Crippen LogP contribution in [0.5, 0.6) is 5.75 Å². The molecule has 0 unspecified atom stereocenters. The molecule has 1 aliphatic carbocycles. The standard InChI is InChI=1S/C22H20F3N3O2/c23-15-6-8-16(9-7-15)28-19-3-1-2-18(19)20(27-28)21(29)26-13-12-14-4-10-17(11-5-14)30-22(24)25/h4-11,22H,1-3,12-13H2,(H,26,29). The average molecular weight is 415 g/mol. The van der Waals surface area contributed by atoms with Crippen LogP contribution in [0.3, 0.4) is 0 Å². The zero-order valence-electron chi connectivity index (χ0n) is 16.1. The van der Waals surface area contributed by atoms with Crippen LogP contribution < -0.4 is 10.1 Å². The van der Waals surface area contributed by atoms with Crippen LogP contribution in [0.15, 0.2) is 48.5 Å². The van der Waals surface area contributed by atoms with Gasteiger partial charge in [-0.3, -0.25) is 4.79 Å². The van der Waals surface area contributed by atoms with Crippen LogP contribution >= 0.6 is 0 Å². The highest BCUT2D eigenvalue weighted by atomic mass is 19.3. The van der Waals surface area contributed by atoms with E-state index in [0.29, 0.717) is 18.7 Å². The fourth-order valence-corrected chi connectivity index (χ4v) is 3.66. The third kappa shape index (κ3) is 4.32. The smallest absolute Gasteiger partial charge is 0.387 e. The van der Waals surface area contributed by atoms with E-state index in [1.165, 1.54) is 24.3 Å². The Kier molecular flexibility index (Phi) is 5.74. The van der Waals surface area contributed by atoms with Crippen molar-refractivity contribution < 1.29 is 22.7 Å². The Balaban J connectivity index is 1.41. The molecule has 0 radical (unpaired) electrons. The number of rotatable bonds is 7. The van der Waals surface area contributed by atoms with Crippen molar-refractivity contribution in [1.82, 2.24) is 15.1 Å². The Morgan fingerprint density at radius 2 is 1.83 bits per heavy atom. The number of benzene rings is 2. The number of hydrogen-bond donors (Lipinski definition) is 1. The van der Waals surface area contributed by atoms with Crippen LogP contribution in [0.4, 0.5) is 13.2 Å². The van der Waals surface area contributed by atoms with Crippen molar-refractivity contribution in [3.63, 3.8) is 0 Å². The minimum Gasteiger partial charge on any atom is -0.435 e. The lowest BCUT2D eigenvalue weighted by Crippen LogP contribution is -2.27. The fraction of sp³-hybridized carbons (Fsp3) is 0.273. The van der Waals surface area contributed by atoms with Gasteiger partial charge in [0.05, 0.1) is 5.69 Å². The molecule has 0 atom stereocenters. The van der Waals surface area contributed by atoms with E-state index in [0.717, 1.165) is 41.8 Å². The Morgan fingerprint density at radius 1 is 1.10 bits per heavy atom. The molecular weight excluding hydrogens is 395 g/mol. The molecule has 4 rings (SSSR count). The third-order valence-corrected chi connectivity index (χ3v) is 5.06. The number of carbonyl (C=O) groups is 1. The topological polar surface area (TPSA) is 56.1 Å². The summed E-state index contributed by atoms with van der Waals surface area (Å²) in [5, 5.41) is 7.36. The lowest BCUT2D eigenvalue weighted by atomic mass is 10.1. The largest absolute Gasteiger partial charge is 0.435 e. The van der Waals surface area contributed by atoms with Gasteiger partial charge in [0.25, 0.3) is 5.91 Å². The predicted molar refractivity (Wildman–Crippen MR) is 105 cm³/mol. The van der Waals surface area contributed by atoms with Crippen molar-refractivity contribution in [3.05, 3.63) is 76.9 Å². The SMILES string of the molecule is O=C(NCCc1ccc(OC(F)F)cc1)c1nn(-c2ccc(F)cc2)c2c1CCC2. The van der Waals surface area contributed by atoms with E-state index >= 15 is 0 Å². The Hall–Kier alpha value is -3.29. The molecule has 8 heteroatoms. The normalized spacial score (nSPS) is 12.8. The molecule has 1 aromatic heterocycles. The minimum absolute atomic E-state index is 0.0969. The molecule has 1 aliphatic rings. The Morgan fingerprint density at radius 3 is 2.53 bits per heavy atom. The highest BCUT2D eigenvalue weighted by Gasteiger charge is 2.26. The van der Waals surface area contributed by atoms with Crippen molar-refractivity contribution in [3.8, 4) is 11.4 Å². The summed E-state index contributed by atoms with van der Waals surface area (Å²) in [6.07, 6.45) is 3.09. The van der Waals surface area contributed by atoms with Crippen molar-refractivity contribution in [2.75, 3.05) is 6.54 Å². The second-order valence-corrected chi connectivity index (χ2v) is 7.04. The number of nitrogens with zero attached hydrogens (tertiary/aromatic N) is 2. The summed E-state index contributed by atoms with van der Waals surface area (Å²) < 4.78 is 43.7. The fourth-order valence-electron chi connectivity index (χ4n) is 3.66. The average Bonchev–Trinajstić information content (AvgIpc) is 3.32. The monoisotopic (exact) mass is 415 g/mol. The maximum absolute atomic E-state index is 13.2. The second-order valence-electron chi connectivity index (χ2n) is 7.04. The minimum atomic E-state index is -2.86. The number of amides is 1. The number of nitrogens with one attached hydrogen (secondary N) is 1. The van der Waals surface area contributed by atoms with Crippen LogP contribution in [0.2, 0.25) is 0 Å². The molecule has 2 aromatic carbocycles. The molecule has 156 valence electrons. The molecule has 0 bridgehead atoms. The molecule has 1 heterocycles. The molecule has 0 spiro atoms. The number of alkyl halides is 2. The van der Waals surface area contributed by atoms with Gasteiger partial charge in [0.1, 0.15) is 11.6 Å². The summed E-state index contributed by atoms with van der Waals surface area (Å²) in [7, 11) is 0. The number of carbonyl (C=O) groups excluding carboxylic acids is 1. The van der Waals surface area contributed by atoms with Gasteiger partial charge in [0.15, 0.2) is 5.69 Å². The van der Waals surface area contributed by atoms with Gasteiger partial charge >= 0.3 is 6.61 Å². The number of ether oxygens (including phenoxy) is 1. The van der Waals surface area contributed by atoms with E-state index in [-0.39, 0.29) is 17.5 Å². The van der Waals surface area contributed by atoms with Crippen molar-refractivity contribution >= 4 is 5.91 Å². The number of halogens is 3. The first kappa shape index (κ1) is 20.0. The van der Waals surface area contributed by atoms with Gasteiger partial charge in [-0.2, -0.15) is 13.9 Å². The first-order valence-electron chi connectivity index (χ1n) is 9.70. The summed E-state index contributed by atoms with van der Waals surface area (Å²) in [6, 6.07) is 12.3. The molecule has 0 aliphatic heterocycles. The predicted octanol–water partition coefficient (Wildman–Crippen LogP) is 4.07. The molecule has 1 N–H and O–H groups in total. The van der Waals surface area contributed by atoms with E-state index in [1.54, 1.807) is 28.9 Å². The maximum Gasteiger partial charge on any atom is 0.387 e. The molecule has 0 fully saturated rings. The molecule has 0 saturated carbocycles. The highest BCUT2D eigenvalue weighted by Crippen LogP contribution is 2.28. The zero-order valence-corrected chi connectivity index (χ0v) is 16.1.